The summed E-state index contributed by atoms with van der Waals surface area (Å²) in [6, 6.07) is 16.6. The molecule has 0 aliphatic carbocycles. The summed E-state index contributed by atoms with van der Waals surface area (Å²) in [4.78, 5) is 29.3. The molecule has 1 aromatic heterocycles. The number of carbonyl (C=O) groups is 1. The Bertz CT molecular complexity index is 1540. The molecule has 0 saturated carbocycles. The fourth-order valence-corrected chi connectivity index (χ4v) is 5.00. The molecular formula is C31H30FNO4. The number of hydrogen-bond acceptors (Lipinski definition) is 4. The summed E-state index contributed by atoms with van der Waals surface area (Å²) in [5.74, 6) is 0.530. The number of nitrogens with zero attached hydrogens (tertiary/aromatic N) is 1. The van der Waals surface area contributed by atoms with Crippen molar-refractivity contribution >= 4 is 16.9 Å². The highest BCUT2D eigenvalue weighted by Crippen LogP contribution is 2.40. The maximum Gasteiger partial charge on any atom is 0.291 e. The van der Waals surface area contributed by atoms with E-state index in [1.54, 1.807) is 23.1 Å². The average Bonchev–Trinajstić information content (AvgIpc) is 3.12. The molecule has 37 heavy (non-hydrogen) atoms. The first-order chi connectivity index (χ1) is 17.7. The number of amides is 1. The number of fused-ring (bicyclic) bond motifs is 2. The van der Waals surface area contributed by atoms with Gasteiger partial charge in [-0.3, -0.25) is 9.59 Å². The zero-order chi connectivity index (χ0) is 26.3. The molecule has 1 aliphatic rings. The quantitative estimate of drug-likeness (QED) is 0.283. The van der Waals surface area contributed by atoms with Crippen LogP contribution in [0, 0.1) is 25.6 Å². The van der Waals surface area contributed by atoms with Gasteiger partial charge in [0.15, 0.2) is 5.43 Å². The SMILES string of the molecule is Cc1cc(C)c2c(=O)c3c(oc2c1)C(=O)N(Cc1ccc(F)cc1)C3c1cccc(OCCC(C)C)c1. The van der Waals surface area contributed by atoms with Gasteiger partial charge in [-0.25, -0.2) is 4.39 Å². The molecule has 5 rings (SSSR count). The van der Waals surface area contributed by atoms with Crippen LogP contribution in [-0.4, -0.2) is 17.4 Å². The Kier molecular flexibility index (Phi) is 6.59. The van der Waals surface area contributed by atoms with E-state index in [0.717, 1.165) is 28.7 Å². The minimum atomic E-state index is -0.664. The summed E-state index contributed by atoms with van der Waals surface area (Å²) in [5, 5.41) is 0.482. The van der Waals surface area contributed by atoms with Crippen LogP contribution in [0.1, 0.15) is 64.7 Å². The van der Waals surface area contributed by atoms with Crippen molar-refractivity contribution in [3.63, 3.8) is 0 Å². The Hall–Kier alpha value is -3.93. The highest BCUT2D eigenvalue weighted by Gasteiger charge is 2.43. The van der Waals surface area contributed by atoms with E-state index >= 15 is 0 Å². The molecule has 0 spiro atoms. The number of carbonyl (C=O) groups excluding carboxylic acids is 1. The third-order valence-corrected chi connectivity index (χ3v) is 6.82. The first-order valence-corrected chi connectivity index (χ1v) is 12.6. The predicted octanol–water partition coefficient (Wildman–Crippen LogP) is 6.72. The molecule has 0 bridgehead atoms. The Labute approximate surface area is 215 Å². The second kappa shape index (κ2) is 9.85. The minimum Gasteiger partial charge on any atom is -0.494 e. The lowest BCUT2D eigenvalue weighted by Gasteiger charge is -2.25. The maximum atomic E-state index is 13.9. The summed E-state index contributed by atoms with van der Waals surface area (Å²) in [6.45, 7) is 8.86. The fourth-order valence-electron chi connectivity index (χ4n) is 5.00. The van der Waals surface area contributed by atoms with Crippen LogP contribution in [0.3, 0.4) is 0 Å². The van der Waals surface area contributed by atoms with Crippen LogP contribution in [0.5, 0.6) is 5.75 Å². The zero-order valence-corrected chi connectivity index (χ0v) is 21.5. The van der Waals surface area contributed by atoms with Crippen LogP contribution >= 0.6 is 0 Å². The first kappa shape index (κ1) is 24.8. The van der Waals surface area contributed by atoms with Crippen LogP contribution in [0.15, 0.2) is 69.9 Å². The summed E-state index contributed by atoms with van der Waals surface area (Å²) < 4.78 is 25.7. The van der Waals surface area contributed by atoms with E-state index in [1.807, 2.05) is 44.2 Å². The number of halogens is 1. The van der Waals surface area contributed by atoms with Gasteiger partial charge in [0.2, 0.25) is 5.76 Å². The van der Waals surface area contributed by atoms with E-state index < -0.39 is 6.04 Å². The topological polar surface area (TPSA) is 59.8 Å². The van der Waals surface area contributed by atoms with Crippen molar-refractivity contribution in [2.24, 2.45) is 5.92 Å². The van der Waals surface area contributed by atoms with Gasteiger partial charge in [0, 0.05) is 6.54 Å². The zero-order valence-electron chi connectivity index (χ0n) is 21.5. The third kappa shape index (κ3) is 4.76. The molecule has 190 valence electrons. The standard InChI is InChI=1S/C31H30FNO4/c1-18(2)12-13-36-24-7-5-6-22(16-24)28-27-29(34)26-20(4)14-19(3)15-25(26)37-30(27)31(35)33(28)17-21-8-10-23(32)11-9-21/h5-11,14-16,18,28H,12-13,17H2,1-4H3. The minimum absolute atomic E-state index is 0.0562. The fraction of sp³-hybridized carbons (Fsp3) is 0.290. The summed E-state index contributed by atoms with van der Waals surface area (Å²) >= 11 is 0. The maximum absolute atomic E-state index is 13.9. The second-order valence-corrected chi connectivity index (χ2v) is 10.2. The smallest absolute Gasteiger partial charge is 0.291 e. The van der Waals surface area contributed by atoms with Crippen LogP contribution in [0.2, 0.25) is 0 Å². The van der Waals surface area contributed by atoms with Crippen molar-refractivity contribution < 1.29 is 18.3 Å². The molecule has 4 aromatic rings. The van der Waals surface area contributed by atoms with Gasteiger partial charge < -0.3 is 14.1 Å². The summed E-state index contributed by atoms with van der Waals surface area (Å²) in [5.41, 5.74) is 3.78. The number of ether oxygens (including phenoxy) is 1. The molecule has 0 radical (unpaired) electrons. The van der Waals surface area contributed by atoms with E-state index in [0.29, 0.717) is 34.8 Å². The lowest BCUT2D eigenvalue weighted by atomic mass is 9.96. The molecule has 5 nitrogen and oxygen atoms in total. The van der Waals surface area contributed by atoms with Crippen molar-refractivity contribution in [3.8, 4) is 5.75 Å². The molecule has 1 unspecified atom stereocenters. The van der Waals surface area contributed by atoms with Gasteiger partial charge in [-0.15, -0.1) is 0 Å². The van der Waals surface area contributed by atoms with Gasteiger partial charge >= 0.3 is 0 Å². The highest BCUT2D eigenvalue weighted by molar-refractivity contribution is 5.99. The molecule has 2 heterocycles. The summed E-state index contributed by atoms with van der Waals surface area (Å²) in [6.07, 6.45) is 0.917. The Morgan fingerprint density at radius 2 is 1.78 bits per heavy atom. The molecule has 1 aliphatic heterocycles. The van der Waals surface area contributed by atoms with Crippen LogP contribution in [-0.2, 0) is 6.54 Å². The highest BCUT2D eigenvalue weighted by atomic mass is 19.1. The van der Waals surface area contributed by atoms with Gasteiger partial charge in [0.05, 0.1) is 23.6 Å². The molecule has 0 fully saturated rings. The van der Waals surface area contributed by atoms with Gasteiger partial charge in [-0.2, -0.15) is 0 Å². The Morgan fingerprint density at radius 3 is 2.51 bits per heavy atom. The Morgan fingerprint density at radius 1 is 1.03 bits per heavy atom. The normalized spacial score (nSPS) is 15.0. The number of benzene rings is 3. The van der Waals surface area contributed by atoms with E-state index in [2.05, 4.69) is 13.8 Å². The second-order valence-electron chi connectivity index (χ2n) is 10.2. The molecule has 1 atom stereocenters. The molecular weight excluding hydrogens is 469 g/mol. The van der Waals surface area contributed by atoms with Gasteiger partial charge in [0.25, 0.3) is 5.91 Å². The van der Waals surface area contributed by atoms with Crippen molar-refractivity contribution in [3.05, 3.63) is 110 Å². The van der Waals surface area contributed by atoms with Crippen molar-refractivity contribution in [2.75, 3.05) is 6.61 Å². The van der Waals surface area contributed by atoms with Crippen LogP contribution < -0.4 is 10.2 Å². The van der Waals surface area contributed by atoms with Gasteiger partial charge in [-0.05, 0) is 78.8 Å². The lowest BCUT2D eigenvalue weighted by molar-refractivity contribution is 0.0714. The number of hydrogen-bond donors (Lipinski definition) is 0. The molecule has 0 saturated heterocycles. The number of aryl methyl sites for hydroxylation is 2. The van der Waals surface area contributed by atoms with E-state index in [1.165, 1.54) is 12.1 Å². The van der Waals surface area contributed by atoms with Gasteiger partial charge in [0.1, 0.15) is 17.1 Å². The van der Waals surface area contributed by atoms with E-state index in [9.17, 15) is 14.0 Å². The predicted molar refractivity (Wildman–Crippen MR) is 141 cm³/mol. The largest absolute Gasteiger partial charge is 0.494 e. The molecule has 0 N–H and O–H groups in total. The summed E-state index contributed by atoms with van der Waals surface area (Å²) in [7, 11) is 0. The van der Waals surface area contributed by atoms with E-state index in [4.69, 9.17) is 9.15 Å². The average molecular weight is 500 g/mol. The van der Waals surface area contributed by atoms with Crippen molar-refractivity contribution in [1.82, 2.24) is 4.90 Å². The molecule has 6 heteroatoms. The third-order valence-electron chi connectivity index (χ3n) is 6.82. The van der Waals surface area contributed by atoms with Crippen molar-refractivity contribution in [2.45, 2.75) is 46.7 Å². The first-order valence-electron chi connectivity index (χ1n) is 12.6. The lowest BCUT2D eigenvalue weighted by Crippen LogP contribution is -2.29. The molecule has 3 aromatic carbocycles. The number of rotatable bonds is 7. The van der Waals surface area contributed by atoms with Gasteiger partial charge in [-0.1, -0.05) is 44.2 Å². The van der Waals surface area contributed by atoms with Crippen LogP contribution in [0.4, 0.5) is 4.39 Å². The monoisotopic (exact) mass is 499 g/mol. The van der Waals surface area contributed by atoms with Crippen molar-refractivity contribution in [1.29, 1.82) is 0 Å². The Balaban J connectivity index is 1.65. The van der Waals surface area contributed by atoms with Crippen LogP contribution in [0.25, 0.3) is 11.0 Å². The van der Waals surface area contributed by atoms with E-state index in [-0.39, 0.29) is 29.5 Å². The molecule has 1 amide bonds.